The van der Waals surface area contributed by atoms with Gasteiger partial charge >= 0.3 is 0 Å². The molecule has 1 amide bonds. The molecule has 3 rings (SSSR count). The molecular weight excluding hydrogens is 428 g/mol. The van der Waals surface area contributed by atoms with E-state index >= 15 is 0 Å². The van der Waals surface area contributed by atoms with Crippen LogP contribution in [0.15, 0.2) is 57.9 Å². The highest BCUT2D eigenvalue weighted by atomic mass is 35.5. The Hall–Kier alpha value is -2.75. The second-order valence-electron chi connectivity index (χ2n) is 6.78. The third kappa shape index (κ3) is 5.88. The third-order valence-electron chi connectivity index (χ3n) is 4.43. The van der Waals surface area contributed by atoms with Gasteiger partial charge in [0.25, 0.3) is 0 Å². The first kappa shape index (κ1) is 21.9. The highest BCUT2D eigenvalue weighted by molar-refractivity contribution is 7.89. The second-order valence-corrected chi connectivity index (χ2v) is 8.78. The summed E-state index contributed by atoms with van der Waals surface area (Å²) < 4.78 is 28.2. The average molecular weight is 449 g/mol. The van der Waals surface area contributed by atoms with Crippen molar-refractivity contribution in [1.82, 2.24) is 15.5 Å². The maximum Gasteiger partial charge on any atom is 0.238 e. The van der Waals surface area contributed by atoms with Crippen LogP contribution in [0.4, 0.5) is 0 Å². The highest BCUT2D eigenvalue weighted by Crippen LogP contribution is 2.20. The Labute approximate surface area is 179 Å². The van der Waals surface area contributed by atoms with Crippen LogP contribution in [0.3, 0.4) is 0 Å². The van der Waals surface area contributed by atoms with Crippen LogP contribution in [-0.2, 0) is 21.2 Å². The zero-order valence-electron chi connectivity index (χ0n) is 16.2. The molecule has 0 aliphatic carbocycles. The van der Waals surface area contributed by atoms with Crippen molar-refractivity contribution in [3.8, 4) is 11.4 Å². The van der Waals surface area contributed by atoms with E-state index in [4.69, 9.17) is 21.3 Å². The number of halogens is 1. The molecule has 3 aromatic rings. The third-order valence-corrected chi connectivity index (χ3v) is 5.59. The fourth-order valence-corrected chi connectivity index (χ4v) is 3.53. The largest absolute Gasteiger partial charge is 0.350 e. The van der Waals surface area contributed by atoms with Crippen LogP contribution in [-0.4, -0.2) is 24.5 Å². The maximum absolute atomic E-state index is 12.2. The Balaban J connectivity index is 1.50. The molecule has 158 valence electrons. The molecule has 0 bridgehead atoms. The van der Waals surface area contributed by atoms with E-state index in [2.05, 4.69) is 15.5 Å². The molecule has 1 aromatic heterocycles. The van der Waals surface area contributed by atoms with Gasteiger partial charge in [0.15, 0.2) is 0 Å². The summed E-state index contributed by atoms with van der Waals surface area (Å²) in [6.45, 7) is 1.77. The zero-order chi connectivity index (χ0) is 21.7. The number of aryl methyl sites for hydroxylation is 1. The summed E-state index contributed by atoms with van der Waals surface area (Å²) in [5, 5.41) is 12.6. The van der Waals surface area contributed by atoms with Gasteiger partial charge in [0.1, 0.15) is 0 Å². The molecule has 0 radical (unpaired) electrons. The highest BCUT2D eigenvalue weighted by Gasteiger charge is 2.14. The smallest absolute Gasteiger partial charge is 0.238 e. The molecule has 2 aromatic carbocycles. The Morgan fingerprint density at radius 1 is 1.23 bits per heavy atom. The SMILES string of the molecule is CC(NC(=O)CCCc1nc(-c2ccc(Cl)cc2)no1)c1cccc(S(N)(=O)=O)c1. The van der Waals surface area contributed by atoms with Gasteiger partial charge < -0.3 is 9.84 Å². The fraction of sp³-hybridized carbons (Fsp3) is 0.250. The number of benzene rings is 2. The summed E-state index contributed by atoms with van der Waals surface area (Å²) in [6, 6.07) is 12.9. The molecule has 3 N–H and O–H groups in total. The van der Waals surface area contributed by atoms with Crippen molar-refractivity contribution in [2.24, 2.45) is 5.14 Å². The Morgan fingerprint density at radius 3 is 2.67 bits per heavy atom. The van der Waals surface area contributed by atoms with Crippen LogP contribution in [0.1, 0.15) is 37.3 Å². The summed E-state index contributed by atoms with van der Waals surface area (Å²) in [5.74, 6) is 0.747. The first-order valence-electron chi connectivity index (χ1n) is 9.23. The van der Waals surface area contributed by atoms with E-state index < -0.39 is 10.0 Å². The van der Waals surface area contributed by atoms with E-state index in [1.807, 2.05) is 0 Å². The Bertz CT molecular complexity index is 1130. The number of sulfonamides is 1. The van der Waals surface area contributed by atoms with Gasteiger partial charge in [0, 0.05) is 23.4 Å². The summed E-state index contributed by atoms with van der Waals surface area (Å²) in [6.07, 6.45) is 1.25. The molecule has 1 atom stereocenters. The lowest BCUT2D eigenvalue weighted by atomic mass is 10.1. The number of nitrogens with one attached hydrogen (secondary N) is 1. The number of nitrogens with zero attached hydrogens (tertiary/aromatic N) is 2. The van der Waals surface area contributed by atoms with E-state index in [-0.39, 0.29) is 23.3 Å². The van der Waals surface area contributed by atoms with Gasteiger partial charge in [-0.3, -0.25) is 4.79 Å². The second kappa shape index (κ2) is 9.38. The van der Waals surface area contributed by atoms with E-state index in [0.29, 0.717) is 35.1 Å². The lowest BCUT2D eigenvalue weighted by molar-refractivity contribution is -0.121. The number of carbonyl (C=O) groups excluding carboxylic acids is 1. The maximum atomic E-state index is 12.2. The Morgan fingerprint density at radius 2 is 1.97 bits per heavy atom. The van der Waals surface area contributed by atoms with Crippen LogP contribution >= 0.6 is 11.6 Å². The molecule has 8 nitrogen and oxygen atoms in total. The van der Waals surface area contributed by atoms with Crippen LogP contribution in [0.25, 0.3) is 11.4 Å². The van der Waals surface area contributed by atoms with Crippen LogP contribution in [0.2, 0.25) is 5.02 Å². The van der Waals surface area contributed by atoms with Crippen molar-refractivity contribution in [1.29, 1.82) is 0 Å². The monoisotopic (exact) mass is 448 g/mol. The lowest BCUT2D eigenvalue weighted by Crippen LogP contribution is -2.26. The van der Waals surface area contributed by atoms with Gasteiger partial charge in [-0.15, -0.1) is 0 Å². The first-order valence-corrected chi connectivity index (χ1v) is 11.2. The lowest BCUT2D eigenvalue weighted by Gasteiger charge is -2.15. The molecule has 0 aliphatic heterocycles. The average Bonchev–Trinajstić information content (AvgIpc) is 3.17. The number of amides is 1. The van der Waals surface area contributed by atoms with E-state index in [1.165, 1.54) is 12.1 Å². The molecular formula is C20H21ClN4O4S. The molecule has 0 saturated heterocycles. The summed E-state index contributed by atoms with van der Waals surface area (Å²) in [4.78, 5) is 16.6. The van der Waals surface area contributed by atoms with Crippen molar-refractivity contribution in [2.75, 3.05) is 0 Å². The number of hydrogen-bond acceptors (Lipinski definition) is 6. The number of carbonyl (C=O) groups is 1. The minimum absolute atomic E-state index is 0.00832. The normalized spacial score (nSPS) is 12.5. The molecule has 1 unspecified atom stereocenters. The van der Waals surface area contributed by atoms with Crippen LogP contribution in [0.5, 0.6) is 0 Å². The minimum Gasteiger partial charge on any atom is -0.350 e. The van der Waals surface area contributed by atoms with Crippen LogP contribution < -0.4 is 10.5 Å². The van der Waals surface area contributed by atoms with Gasteiger partial charge in [-0.25, -0.2) is 13.6 Å². The quantitative estimate of drug-likeness (QED) is 0.544. The molecule has 1 heterocycles. The Kier molecular flexibility index (Phi) is 6.86. The molecule has 0 fully saturated rings. The number of nitrogens with two attached hydrogens (primary N) is 1. The van der Waals surface area contributed by atoms with Gasteiger partial charge in [-0.1, -0.05) is 28.9 Å². The van der Waals surface area contributed by atoms with Gasteiger partial charge in [-0.05, 0) is 55.3 Å². The van der Waals surface area contributed by atoms with E-state index in [9.17, 15) is 13.2 Å². The zero-order valence-corrected chi connectivity index (χ0v) is 17.8. The number of rotatable bonds is 8. The van der Waals surface area contributed by atoms with Crippen molar-refractivity contribution in [3.05, 3.63) is 65.0 Å². The van der Waals surface area contributed by atoms with E-state index in [0.717, 1.165) is 5.56 Å². The summed E-state index contributed by atoms with van der Waals surface area (Å²) in [5.41, 5.74) is 1.45. The van der Waals surface area contributed by atoms with Gasteiger partial charge in [0.05, 0.1) is 10.9 Å². The number of primary sulfonamides is 1. The van der Waals surface area contributed by atoms with Crippen LogP contribution in [0, 0.1) is 0 Å². The summed E-state index contributed by atoms with van der Waals surface area (Å²) >= 11 is 5.87. The minimum atomic E-state index is -3.79. The van der Waals surface area contributed by atoms with Crippen molar-refractivity contribution in [2.45, 2.75) is 37.1 Å². The predicted octanol–water partition coefficient (Wildman–Crippen LogP) is 3.24. The van der Waals surface area contributed by atoms with Gasteiger partial charge in [0.2, 0.25) is 27.6 Å². The first-order chi connectivity index (χ1) is 14.2. The predicted molar refractivity (Wildman–Crippen MR) is 112 cm³/mol. The number of aromatic nitrogens is 2. The molecule has 0 saturated carbocycles. The molecule has 10 heteroatoms. The fourth-order valence-electron chi connectivity index (χ4n) is 2.83. The van der Waals surface area contributed by atoms with Gasteiger partial charge in [-0.2, -0.15) is 4.98 Å². The standard InChI is InChI=1S/C20H21ClN4O4S/c1-13(15-4-2-5-17(12-15)30(22,27)28)23-18(26)6-3-7-19-24-20(25-29-19)14-8-10-16(21)11-9-14/h2,4-5,8-13H,3,6-7H2,1H3,(H,23,26)(H2,22,27,28). The van der Waals surface area contributed by atoms with Crippen molar-refractivity contribution >= 4 is 27.5 Å². The molecule has 0 spiro atoms. The molecule has 30 heavy (non-hydrogen) atoms. The number of hydrogen-bond donors (Lipinski definition) is 2. The van der Waals surface area contributed by atoms with E-state index in [1.54, 1.807) is 43.3 Å². The topological polar surface area (TPSA) is 128 Å². The van der Waals surface area contributed by atoms with Crippen molar-refractivity contribution in [3.63, 3.8) is 0 Å². The summed E-state index contributed by atoms with van der Waals surface area (Å²) in [7, 11) is -3.79. The molecule has 0 aliphatic rings. The van der Waals surface area contributed by atoms with Crippen molar-refractivity contribution < 1.29 is 17.7 Å².